The van der Waals surface area contributed by atoms with Crippen LogP contribution in [0.2, 0.25) is 0 Å². The highest BCUT2D eigenvalue weighted by Gasteiger charge is 2.46. The number of carbonyl (C=O) groups excluding carboxylic acids is 1. The number of rotatable bonds is 3. The minimum absolute atomic E-state index is 0.0789. The number of fused-ring (bicyclic) bond motifs is 3. The molecule has 1 N–H and O–H groups in total. The van der Waals surface area contributed by atoms with Gasteiger partial charge in [0.25, 0.3) is 0 Å². The van der Waals surface area contributed by atoms with E-state index in [1.807, 2.05) is 49.6 Å². The minimum Gasteiger partial charge on any atom is -0.446 e. The van der Waals surface area contributed by atoms with Gasteiger partial charge in [0, 0.05) is 11.5 Å². The van der Waals surface area contributed by atoms with Crippen molar-refractivity contribution in [3.05, 3.63) is 56.3 Å². The van der Waals surface area contributed by atoms with Crippen molar-refractivity contribution in [2.24, 2.45) is 0 Å². The molecular weight excluding hydrogens is 479 g/mol. The number of aromatic amines is 1. The highest BCUT2D eigenvalue weighted by Crippen LogP contribution is 2.37. The van der Waals surface area contributed by atoms with Gasteiger partial charge in [-0.05, 0) is 57.8 Å². The number of nitrogens with zero attached hydrogens (tertiary/aromatic N) is 3. The number of thioether (sulfide) groups is 1. The number of amides is 1. The van der Waals surface area contributed by atoms with E-state index in [1.165, 1.54) is 11.8 Å². The number of anilines is 1. The normalized spacial score (nSPS) is 15.4. The van der Waals surface area contributed by atoms with Gasteiger partial charge in [0.15, 0.2) is 9.53 Å². The summed E-state index contributed by atoms with van der Waals surface area (Å²) in [4.78, 5) is 30.3. The van der Waals surface area contributed by atoms with Crippen LogP contribution in [0.4, 0.5) is 5.69 Å². The number of benzene rings is 1. The summed E-state index contributed by atoms with van der Waals surface area (Å²) in [5, 5.41) is 5.06. The molecule has 0 radical (unpaired) electrons. The summed E-state index contributed by atoms with van der Waals surface area (Å²) < 4.78 is 8.14. The van der Waals surface area contributed by atoms with Gasteiger partial charge in [0.1, 0.15) is 0 Å². The Morgan fingerprint density at radius 2 is 2.15 bits per heavy atom. The monoisotopic (exact) mass is 495 g/mol. The Morgan fingerprint density at radius 1 is 1.37 bits per heavy atom. The van der Waals surface area contributed by atoms with Crippen LogP contribution in [0.25, 0.3) is 11.3 Å². The van der Waals surface area contributed by atoms with Crippen molar-refractivity contribution in [2.75, 3.05) is 11.2 Å². The van der Waals surface area contributed by atoms with Crippen LogP contribution in [0, 0.1) is 3.77 Å². The van der Waals surface area contributed by atoms with Gasteiger partial charge in [-0.15, -0.1) is 0 Å². The van der Waals surface area contributed by atoms with Gasteiger partial charge in [0.05, 0.1) is 11.3 Å². The van der Waals surface area contributed by atoms with Crippen LogP contribution >= 0.6 is 34.4 Å². The summed E-state index contributed by atoms with van der Waals surface area (Å²) in [6.07, 6.45) is 1.48. The van der Waals surface area contributed by atoms with E-state index in [0.29, 0.717) is 38.0 Å². The van der Waals surface area contributed by atoms with E-state index >= 15 is 0 Å². The molecule has 0 bridgehead atoms. The Hall–Kier alpha value is -2.14. The van der Waals surface area contributed by atoms with Crippen molar-refractivity contribution in [1.82, 2.24) is 10.1 Å². The second-order valence-electron chi connectivity index (χ2n) is 5.91. The van der Waals surface area contributed by atoms with Gasteiger partial charge in [-0.2, -0.15) is 0 Å². The maximum Gasteiger partial charge on any atom is 0.325 e. The van der Waals surface area contributed by atoms with Crippen LogP contribution in [0.1, 0.15) is 25.3 Å². The molecule has 1 aliphatic rings. The molecule has 0 fully saturated rings. The first kappa shape index (κ1) is 18.2. The summed E-state index contributed by atoms with van der Waals surface area (Å²) >= 11 is 3.41. The number of halogens is 1. The van der Waals surface area contributed by atoms with Gasteiger partial charge in [-0.3, -0.25) is 14.6 Å². The first-order valence-corrected chi connectivity index (χ1v) is 10.6. The zero-order chi connectivity index (χ0) is 19.1. The number of H-pyrrole nitrogens is 1. The van der Waals surface area contributed by atoms with Crippen molar-refractivity contribution in [3.8, 4) is 11.3 Å². The fraction of sp³-hybridized carbons (Fsp3) is 0.222. The molecule has 138 valence electrons. The van der Waals surface area contributed by atoms with Crippen LogP contribution in [-0.2, 0) is 4.79 Å². The second-order valence-corrected chi connectivity index (χ2v) is 7.76. The Balaban J connectivity index is 2.09. The third-order valence-electron chi connectivity index (χ3n) is 4.37. The number of carbonyl (C=O) groups is 1. The van der Waals surface area contributed by atoms with E-state index in [4.69, 9.17) is 4.42 Å². The molecule has 0 saturated carbocycles. The van der Waals surface area contributed by atoms with E-state index in [0.717, 1.165) is 0 Å². The fourth-order valence-electron chi connectivity index (χ4n) is 3.23. The molecule has 1 unspecified atom stereocenters. The average Bonchev–Trinajstić information content (AvgIpc) is 3.11. The van der Waals surface area contributed by atoms with Crippen LogP contribution < -0.4 is 15.1 Å². The highest BCUT2D eigenvalue weighted by molar-refractivity contribution is 14.1. The number of hydrogen-bond donors (Lipinski definition) is 1. The zero-order valence-electron chi connectivity index (χ0n) is 14.6. The maximum atomic E-state index is 12.9. The largest absolute Gasteiger partial charge is 0.446 e. The maximum absolute atomic E-state index is 12.9. The Kier molecular flexibility index (Phi) is 4.81. The SMILES string of the molecule is CCC(=O)N1c2ccccc2-c2c(=O)[nH]c(SC)n[n+]2C1c1ccc(I)o1. The molecule has 0 aliphatic carbocycles. The number of furan rings is 1. The van der Waals surface area contributed by atoms with Crippen molar-refractivity contribution in [2.45, 2.75) is 24.7 Å². The van der Waals surface area contributed by atoms with Crippen LogP contribution in [0.3, 0.4) is 0 Å². The molecule has 1 aromatic carbocycles. The smallest absolute Gasteiger partial charge is 0.325 e. The Labute approximate surface area is 172 Å². The molecule has 9 heteroatoms. The van der Waals surface area contributed by atoms with E-state index < -0.39 is 6.17 Å². The van der Waals surface area contributed by atoms with Gasteiger partial charge < -0.3 is 4.42 Å². The lowest BCUT2D eigenvalue weighted by atomic mass is 10.0. The van der Waals surface area contributed by atoms with E-state index in [-0.39, 0.29) is 11.5 Å². The fourth-order valence-corrected chi connectivity index (χ4v) is 4.03. The number of hydrogen-bond acceptors (Lipinski definition) is 5. The third kappa shape index (κ3) is 2.98. The summed E-state index contributed by atoms with van der Waals surface area (Å²) in [6, 6.07) is 11.0. The van der Waals surface area contributed by atoms with Crippen molar-refractivity contribution >= 4 is 45.9 Å². The minimum atomic E-state index is -0.668. The standard InChI is InChI=1S/C18H15IN4O3S/c1-3-14(24)22-11-7-5-4-6-10(11)15-16(25)20-18(27-2)21-23(15)17(22)12-8-9-13(19)26-12/h4-9,17H,3H2,1-2H3/p+1. The molecule has 0 spiro atoms. The Bertz CT molecular complexity index is 1090. The topological polar surface area (TPSA) is 83.1 Å². The molecule has 1 amide bonds. The van der Waals surface area contributed by atoms with E-state index in [9.17, 15) is 9.59 Å². The van der Waals surface area contributed by atoms with Crippen LogP contribution in [-0.4, -0.2) is 22.2 Å². The molecule has 3 aromatic rings. The third-order valence-corrected chi connectivity index (χ3v) is 5.52. The molecule has 3 heterocycles. The molecule has 1 atom stereocenters. The van der Waals surface area contributed by atoms with Crippen LogP contribution in [0.15, 0.2) is 50.8 Å². The highest BCUT2D eigenvalue weighted by atomic mass is 127. The van der Waals surface area contributed by atoms with Crippen molar-refractivity contribution in [1.29, 1.82) is 0 Å². The van der Waals surface area contributed by atoms with Crippen molar-refractivity contribution in [3.63, 3.8) is 0 Å². The van der Waals surface area contributed by atoms with Gasteiger partial charge in [-0.1, -0.05) is 30.8 Å². The molecule has 2 aromatic heterocycles. The van der Waals surface area contributed by atoms with Gasteiger partial charge in [0.2, 0.25) is 11.1 Å². The summed E-state index contributed by atoms with van der Waals surface area (Å²) in [5.74, 6) is 0.469. The second kappa shape index (κ2) is 7.12. The predicted molar refractivity (Wildman–Crippen MR) is 110 cm³/mol. The molecule has 4 rings (SSSR count). The number of aromatic nitrogens is 3. The average molecular weight is 495 g/mol. The lowest BCUT2D eigenvalue weighted by Crippen LogP contribution is -2.60. The number of para-hydroxylation sites is 1. The predicted octanol–water partition coefficient (Wildman–Crippen LogP) is 2.95. The summed E-state index contributed by atoms with van der Waals surface area (Å²) in [7, 11) is 0. The number of nitrogens with one attached hydrogen (secondary N) is 1. The van der Waals surface area contributed by atoms with Gasteiger partial charge in [-0.25, -0.2) is 4.90 Å². The first-order chi connectivity index (χ1) is 13.0. The van der Waals surface area contributed by atoms with Crippen molar-refractivity contribution < 1.29 is 13.9 Å². The van der Waals surface area contributed by atoms with Gasteiger partial charge >= 0.3 is 17.4 Å². The summed E-state index contributed by atoms with van der Waals surface area (Å²) in [5.41, 5.74) is 1.49. The molecule has 1 aliphatic heterocycles. The molecule has 7 nitrogen and oxygen atoms in total. The quantitative estimate of drug-likeness (QED) is 0.343. The van der Waals surface area contributed by atoms with Crippen LogP contribution in [0.5, 0.6) is 0 Å². The lowest BCUT2D eigenvalue weighted by molar-refractivity contribution is -0.764. The molecule has 27 heavy (non-hydrogen) atoms. The van der Waals surface area contributed by atoms with E-state index in [1.54, 1.807) is 9.58 Å². The summed E-state index contributed by atoms with van der Waals surface area (Å²) in [6.45, 7) is 1.81. The molecule has 0 saturated heterocycles. The van der Waals surface area contributed by atoms with E-state index in [2.05, 4.69) is 32.7 Å². The zero-order valence-corrected chi connectivity index (χ0v) is 17.6. The molecular formula is C18H16IN4O3S+. The first-order valence-electron chi connectivity index (χ1n) is 8.32. The lowest BCUT2D eigenvalue weighted by Gasteiger charge is -2.30. The Morgan fingerprint density at radius 3 is 2.81 bits per heavy atom.